The van der Waals surface area contributed by atoms with Crippen molar-refractivity contribution in [3.05, 3.63) is 52.4 Å². The Morgan fingerprint density at radius 1 is 1.11 bits per heavy atom. The molecule has 0 unspecified atom stereocenters. The lowest BCUT2D eigenvalue weighted by Gasteiger charge is -2.34. The smallest absolute Gasteiger partial charge is 0.281 e. The van der Waals surface area contributed by atoms with Gasteiger partial charge in [-0.3, -0.25) is 4.79 Å². The number of carbonyl (C=O) groups is 1. The van der Waals surface area contributed by atoms with E-state index in [1.165, 1.54) is 28.8 Å². The molecule has 0 saturated carbocycles. The molecule has 3 rings (SSSR count). The quantitative estimate of drug-likeness (QED) is 0.673. The van der Waals surface area contributed by atoms with E-state index in [1.807, 2.05) is 36.4 Å². The number of hydrogen-bond acceptors (Lipinski definition) is 4. The highest BCUT2D eigenvalue weighted by Crippen LogP contribution is 2.33. The second-order valence-corrected chi connectivity index (χ2v) is 10.2. The van der Waals surface area contributed by atoms with Crippen molar-refractivity contribution in [2.75, 3.05) is 40.3 Å². The molecule has 0 aliphatic carbocycles. The van der Waals surface area contributed by atoms with Crippen molar-refractivity contribution >= 4 is 45.1 Å². The second kappa shape index (κ2) is 8.75. The van der Waals surface area contributed by atoms with Gasteiger partial charge in [0.25, 0.3) is 10.2 Å². The van der Waals surface area contributed by atoms with Gasteiger partial charge in [-0.2, -0.15) is 17.0 Å². The van der Waals surface area contributed by atoms with Gasteiger partial charge >= 0.3 is 0 Å². The summed E-state index contributed by atoms with van der Waals surface area (Å²) < 4.78 is 26.9. The van der Waals surface area contributed by atoms with Crippen LogP contribution in [0.3, 0.4) is 0 Å². The number of carbonyl (C=O) groups excluding carboxylic acids is 1. The van der Waals surface area contributed by atoms with Gasteiger partial charge in [0.2, 0.25) is 5.91 Å². The van der Waals surface area contributed by atoms with Crippen LogP contribution in [0.15, 0.2) is 42.5 Å². The number of hydrogen-bond donors (Lipinski definition) is 0. The zero-order valence-electron chi connectivity index (χ0n) is 15.7. The van der Waals surface area contributed by atoms with Gasteiger partial charge in [0.1, 0.15) is 0 Å². The molecule has 1 amide bonds. The van der Waals surface area contributed by atoms with Crippen molar-refractivity contribution in [1.82, 2.24) is 13.5 Å². The average Bonchev–Trinajstić information content (AvgIpc) is 3.15. The lowest BCUT2D eigenvalue weighted by atomic mass is 10.2. The predicted molar refractivity (Wildman–Crippen MR) is 115 cm³/mol. The van der Waals surface area contributed by atoms with Crippen LogP contribution in [0.4, 0.5) is 0 Å². The zero-order chi connectivity index (χ0) is 20.3. The molecule has 6 nitrogen and oxygen atoms in total. The van der Waals surface area contributed by atoms with Gasteiger partial charge in [0, 0.05) is 66.7 Å². The van der Waals surface area contributed by atoms with E-state index >= 15 is 0 Å². The third kappa shape index (κ3) is 4.64. The first-order valence-corrected chi connectivity index (χ1v) is 11.4. The van der Waals surface area contributed by atoms with E-state index in [0.29, 0.717) is 31.2 Å². The molecule has 0 bridgehead atoms. The van der Waals surface area contributed by atoms with Gasteiger partial charge in [0.15, 0.2) is 0 Å². The van der Waals surface area contributed by atoms with Gasteiger partial charge in [-0.05, 0) is 24.3 Å². The van der Waals surface area contributed by atoms with Gasteiger partial charge in [-0.25, -0.2) is 0 Å². The Kier molecular flexibility index (Phi) is 6.57. The van der Waals surface area contributed by atoms with Crippen LogP contribution in [0, 0.1) is 0 Å². The second-order valence-electron chi connectivity index (χ2n) is 6.53. The Bertz CT molecular complexity index is 978. The summed E-state index contributed by atoms with van der Waals surface area (Å²) in [5.41, 5.74) is 0.971. The monoisotopic (exact) mass is 439 g/mol. The molecule has 0 radical (unpaired) electrons. The molecule has 1 aromatic heterocycles. The first-order chi connectivity index (χ1) is 13.3. The Labute approximate surface area is 174 Å². The highest BCUT2D eigenvalue weighted by Gasteiger charge is 2.29. The molecule has 2 heterocycles. The molecular weight excluding hydrogens is 418 g/mol. The van der Waals surface area contributed by atoms with E-state index < -0.39 is 10.2 Å². The maximum absolute atomic E-state index is 12.4. The molecule has 0 N–H and O–H groups in total. The minimum Gasteiger partial charge on any atom is -0.337 e. The first-order valence-electron chi connectivity index (χ1n) is 8.78. The summed E-state index contributed by atoms with van der Waals surface area (Å²) in [6.45, 7) is 1.36. The first kappa shape index (κ1) is 21.0. The van der Waals surface area contributed by atoms with Crippen molar-refractivity contribution in [2.24, 2.45) is 0 Å². The van der Waals surface area contributed by atoms with Crippen LogP contribution < -0.4 is 0 Å². The van der Waals surface area contributed by atoms with Crippen molar-refractivity contribution < 1.29 is 13.2 Å². The Morgan fingerprint density at radius 3 is 2.43 bits per heavy atom. The summed E-state index contributed by atoms with van der Waals surface area (Å²) in [5, 5.41) is 0.696. The van der Waals surface area contributed by atoms with E-state index in [4.69, 9.17) is 11.6 Å². The SMILES string of the molecule is CN(C)S(=O)(=O)N1CCN(C(=O)C=Cc2ccc(-c3ccccc3Cl)s2)CC1. The van der Waals surface area contributed by atoms with Crippen molar-refractivity contribution in [3.8, 4) is 10.4 Å². The molecule has 0 spiro atoms. The highest BCUT2D eigenvalue weighted by atomic mass is 35.5. The van der Waals surface area contributed by atoms with Crippen molar-refractivity contribution in [3.63, 3.8) is 0 Å². The topological polar surface area (TPSA) is 60.9 Å². The van der Waals surface area contributed by atoms with Crippen LogP contribution in [0.1, 0.15) is 4.88 Å². The Hall–Kier alpha value is -1.71. The molecule has 1 saturated heterocycles. The number of thiophene rings is 1. The summed E-state index contributed by atoms with van der Waals surface area (Å²) in [6.07, 6.45) is 3.33. The average molecular weight is 440 g/mol. The fourth-order valence-corrected chi connectivity index (χ4v) is 5.21. The van der Waals surface area contributed by atoms with Crippen LogP contribution in [0.2, 0.25) is 5.02 Å². The molecule has 1 fully saturated rings. The molecular formula is C19H22ClN3O3S2. The maximum atomic E-state index is 12.4. The fraction of sp³-hybridized carbons (Fsp3) is 0.316. The Balaban J connectivity index is 1.60. The summed E-state index contributed by atoms with van der Waals surface area (Å²) >= 11 is 7.80. The molecule has 9 heteroatoms. The van der Waals surface area contributed by atoms with Gasteiger partial charge in [0.05, 0.1) is 0 Å². The lowest BCUT2D eigenvalue weighted by Crippen LogP contribution is -2.52. The number of rotatable bonds is 5. The molecule has 2 aromatic rings. The van der Waals surface area contributed by atoms with Gasteiger partial charge in [-0.15, -0.1) is 11.3 Å². The van der Waals surface area contributed by atoms with E-state index in [-0.39, 0.29) is 5.91 Å². The molecule has 1 aliphatic heterocycles. The van der Waals surface area contributed by atoms with Crippen molar-refractivity contribution in [1.29, 1.82) is 0 Å². The summed E-state index contributed by atoms with van der Waals surface area (Å²) in [7, 11) is -0.415. The van der Waals surface area contributed by atoms with Crippen LogP contribution >= 0.6 is 22.9 Å². The largest absolute Gasteiger partial charge is 0.337 e. The lowest BCUT2D eigenvalue weighted by molar-refractivity contribution is -0.127. The summed E-state index contributed by atoms with van der Waals surface area (Å²) in [4.78, 5) is 16.1. The van der Waals surface area contributed by atoms with Crippen LogP contribution in [0.25, 0.3) is 16.5 Å². The number of benzene rings is 1. The number of amides is 1. The molecule has 150 valence electrons. The minimum absolute atomic E-state index is 0.116. The van der Waals surface area contributed by atoms with E-state index in [2.05, 4.69) is 0 Å². The zero-order valence-corrected chi connectivity index (χ0v) is 18.1. The van der Waals surface area contributed by atoms with Gasteiger partial charge in [-0.1, -0.05) is 29.8 Å². The summed E-state index contributed by atoms with van der Waals surface area (Å²) in [6, 6.07) is 11.6. The molecule has 0 atom stereocenters. The maximum Gasteiger partial charge on any atom is 0.281 e. The standard InChI is InChI=1S/C19H22ClN3O3S2/c1-21(2)28(25,26)23-13-11-22(12-14-23)19(24)10-8-15-7-9-18(27-15)16-5-3-4-6-17(16)20/h3-10H,11-14H2,1-2H3. The van der Waals surface area contributed by atoms with Crippen LogP contribution in [0.5, 0.6) is 0 Å². The van der Waals surface area contributed by atoms with Crippen molar-refractivity contribution in [2.45, 2.75) is 0 Å². The fourth-order valence-electron chi connectivity index (χ4n) is 2.88. The normalized spacial score (nSPS) is 16.2. The number of piperazine rings is 1. The third-order valence-electron chi connectivity index (χ3n) is 4.49. The summed E-state index contributed by atoms with van der Waals surface area (Å²) in [5.74, 6) is -0.116. The minimum atomic E-state index is -3.43. The number of nitrogens with zero attached hydrogens (tertiary/aromatic N) is 3. The predicted octanol–water partition coefficient (Wildman–Crippen LogP) is 3.03. The van der Waals surface area contributed by atoms with Gasteiger partial charge < -0.3 is 4.90 Å². The van der Waals surface area contributed by atoms with E-state index in [9.17, 15) is 13.2 Å². The van der Waals surface area contributed by atoms with E-state index in [0.717, 1.165) is 15.3 Å². The molecule has 1 aromatic carbocycles. The molecule has 28 heavy (non-hydrogen) atoms. The van der Waals surface area contributed by atoms with Crippen LogP contribution in [-0.2, 0) is 15.0 Å². The van der Waals surface area contributed by atoms with E-state index in [1.54, 1.807) is 22.3 Å². The highest BCUT2D eigenvalue weighted by molar-refractivity contribution is 7.86. The third-order valence-corrected chi connectivity index (χ3v) is 7.85. The number of halogens is 1. The van der Waals surface area contributed by atoms with Crippen LogP contribution in [-0.4, -0.2) is 68.1 Å². The Morgan fingerprint density at radius 2 is 1.79 bits per heavy atom. The molecule has 1 aliphatic rings.